The molecule has 1 amide bonds. The standard InChI is InChI=1S/C14H21N3O4S/c1-9(8-19-2)15-14(22)17-16-13(18)11-6-5-10(20-3)7-12(11)21-4/h5-7,9H,8H2,1-4H3,(H,16,18)(H2,15,17,22)/t9-/m1/s1. The van der Waals surface area contributed by atoms with Crippen molar-refractivity contribution >= 4 is 23.2 Å². The van der Waals surface area contributed by atoms with Crippen LogP contribution in [0, 0.1) is 0 Å². The van der Waals surface area contributed by atoms with Crippen LogP contribution in [0.1, 0.15) is 17.3 Å². The van der Waals surface area contributed by atoms with E-state index in [9.17, 15) is 4.79 Å². The van der Waals surface area contributed by atoms with E-state index < -0.39 is 0 Å². The molecule has 0 spiro atoms. The van der Waals surface area contributed by atoms with Gasteiger partial charge < -0.3 is 19.5 Å². The van der Waals surface area contributed by atoms with Crippen molar-refractivity contribution in [3.63, 3.8) is 0 Å². The van der Waals surface area contributed by atoms with Gasteiger partial charge in [0.25, 0.3) is 5.91 Å². The average Bonchev–Trinajstić information content (AvgIpc) is 2.52. The third-order valence-electron chi connectivity index (χ3n) is 2.74. The highest BCUT2D eigenvalue weighted by Gasteiger charge is 2.13. The molecule has 0 aliphatic heterocycles. The molecule has 0 unspecified atom stereocenters. The second kappa shape index (κ2) is 9.06. The Morgan fingerprint density at radius 1 is 1.23 bits per heavy atom. The molecule has 0 heterocycles. The zero-order valence-corrected chi connectivity index (χ0v) is 13.9. The Bertz CT molecular complexity index is 525. The minimum absolute atomic E-state index is 0.0254. The molecule has 0 saturated carbocycles. The Labute approximate surface area is 135 Å². The van der Waals surface area contributed by atoms with Crippen LogP contribution in [0.3, 0.4) is 0 Å². The molecule has 0 radical (unpaired) electrons. The van der Waals surface area contributed by atoms with Gasteiger partial charge in [0.15, 0.2) is 5.11 Å². The lowest BCUT2D eigenvalue weighted by Crippen LogP contribution is -2.50. The van der Waals surface area contributed by atoms with E-state index in [1.54, 1.807) is 32.4 Å². The normalized spacial score (nSPS) is 11.3. The molecular formula is C14H21N3O4S. The summed E-state index contributed by atoms with van der Waals surface area (Å²) in [6.45, 7) is 2.41. The number of hydrogen-bond donors (Lipinski definition) is 3. The van der Waals surface area contributed by atoms with Gasteiger partial charge in [0.05, 0.1) is 26.4 Å². The fraction of sp³-hybridized carbons (Fsp3) is 0.429. The Morgan fingerprint density at radius 3 is 2.55 bits per heavy atom. The average molecular weight is 327 g/mol. The summed E-state index contributed by atoms with van der Waals surface area (Å²) in [6.07, 6.45) is 0. The lowest BCUT2D eigenvalue weighted by atomic mass is 10.2. The molecule has 122 valence electrons. The van der Waals surface area contributed by atoms with E-state index in [-0.39, 0.29) is 11.9 Å². The van der Waals surface area contributed by atoms with Gasteiger partial charge in [-0.15, -0.1) is 0 Å². The fourth-order valence-corrected chi connectivity index (χ4v) is 1.97. The summed E-state index contributed by atoms with van der Waals surface area (Å²) in [5.74, 6) is 0.639. The highest BCUT2D eigenvalue weighted by atomic mass is 32.1. The zero-order chi connectivity index (χ0) is 16.5. The van der Waals surface area contributed by atoms with Crippen LogP contribution < -0.4 is 25.6 Å². The van der Waals surface area contributed by atoms with Crippen molar-refractivity contribution < 1.29 is 19.0 Å². The summed E-state index contributed by atoms with van der Waals surface area (Å²) < 4.78 is 15.3. The fourth-order valence-electron chi connectivity index (χ4n) is 1.72. The number of carbonyl (C=O) groups is 1. The van der Waals surface area contributed by atoms with Gasteiger partial charge in [-0.1, -0.05) is 0 Å². The maximum absolute atomic E-state index is 12.1. The Balaban J connectivity index is 2.60. The largest absolute Gasteiger partial charge is 0.497 e. The van der Waals surface area contributed by atoms with Gasteiger partial charge in [0, 0.05) is 19.2 Å². The number of thiocarbonyl (C=S) groups is 1. The number of benzene rings is 1. The summed E-state index contributed by atoms with van der Waals surface area (Å²) in [5.41, 5.74) is 5.50. The van der Waals surface area contributed by atoms with Gasteiger partial charge in [-0.3, -0.25) is 15.6 Å². The molecule has 3 N–H and O–H groups in total. The molecule has 0 fully saturated rings. The number of methoxy groups -OCH3 is 3. The summed E-state index contributed by atoms with van der Waals surface area (Å²) >= 11 is 5.07. The molecule has 0 aromatic heterocycles. The van der Waals surface area contributed by atoms with Crippen LogP contribution in [0.15, 0.2) is 18.2 Å². The SMILES string of the molecule is COC[C@@H](C)NC(=S)NNC(=O)c1ccc(OC)cc1OC. The minimum atomic E-state index is -0.372. The van der Waals surface area contributed by atoms with Crippen LogP contribution in [-0.2, 0) is 4.74 Å². The van der Waals surface area contributed by atoms with E-state index in [1.807, 2.05) is 6.92 Å². The van der Waals surface area contributed by atoms with E-state index in [1.165, 1.54) is 7.11 Å². The first-order chi connectivity index (χ1) is 10.5. The third kappa shape index (κ3) is 5.38. The predicted molar refractivity (Wildman–Crippen MR) is 87.2 cm³/mol. The molecule has 22 heavy (non-hydrogen) atoms. The van der Waals surface area contributed by atoms with Gasteiger partial charge in [-0.2, -0.15) is 0 Å². The van der Waals surface area contributed by atoms with Crippen molar-refractivity contribution in [2.75, 3.05) is 27.9 Å². The minimum Gasteiger partial charge on any atom is -0.497 e. The van der Waals surface area contributed by atoms with Crippen molar-refractivity contribution in [1.29, 1.82) is 0 Å². The smallest absolute Gasteiger partial charge is 0.273 e. The number of nitrogens with one attached hydrogen (secondary N) is 3. The van der Waals surface area contributed by atoms with E-state index >= 15 is 0 Å². The molecule has 1 atom stereocenters. The van der Waals surface area contributed by atoms with Crippen LogP contribution in [0.4, 0.5) is 0 Å². The lowest BCUT2D eigenvalue weighted by molar-refractivity contribution is 0.0940. The Morgan fingerprint density at radius 2 is 1.95 bits per heavy atom. The molecule has 8 heteroatoms. The molecule has 0 saturated heterocycles. The van der Waals surface area contributed by atoms with E-state index in [4.69, 9.17) is 26.4 Å². The number of ether oxygens (including phenoxy) is 3. The van der Waals surface area contributed by atoms with Crippen molar-refractivity contribution in [3.05, 3.63) is 23.8 Å². The van der Waals surface area contributed by atoms with Crippen LogP contribution in [0.2, 0.25) is 0 Å². The van der Waals surface area contributed by atoms with Crippen molar-refractivity contribution in [3.8, 4) is 11.5 Å². The number of carbonyl (C=O) groups excluding carboxylic acids is 1. The highest BCUT2D eigenvalue weighted by molar-refractivity contribution is 7.80. The van der Waals surface area contributed by atoms with Crippen molar-refractivity contribution in [1.82, 2.24) is 16.2 Å². The van der Waals surface area contributed by atoms with Crippen molar-refractivity contribution in [2.24, 2.45) is 0 Å². The van der Waals surface area contributed by atoms with E-state index in [0.29, 0.717) is 28.8 Å². The molecule has 1 aromatic rings. The monoisotopic (exact) mass is 327 g/mol. The molecular weight excluding hydrogens is 306 g/mol. The summed E-state index contributed by atoms with van der Waals surface area (Å²) in [7, 11) is 4.63. The van der Waals surface area contributed by atoms with Gasteiger partial charge in [0.2, 0.25) is 0 Å². The number of amides is 1. The second-order valence-electron chi connectivity index (χ2n) is 4.48. The number of rotatable bonds is 6. The topological polar surface area (TPSA) is 80.9 Å². The Hall–Kier alpha value is -2.06. The van der Waals surface area contributed by atoms with Gasteiger partial charge in [-0.25, -0.2) is 0 Å². The molecule has 1 aromatic carbocycles. The first-order valence-electron chi connectivity index (χ1n) is 6.59. The summed E-state index contributed by atoms with van der Waals surface area (Å²) in [6, 6.07) is 4.94. The molecule has 0 bridgehead atoms. The van der Waals surface area contributed by atoms with Gasteiger partial charge in [-0.05, 0) is 31.3 Å². The zero-order valence-electron chi connectivity index (χ0n) is 13.1. The van der Waals surface area contributed by atoms with Crippen LogP contribution in [0.25, 0.3) is 0 Å². The van der Waals surface area contributed by atoms with Crippen LogP contribution in [-0.4, -0.2) is 45.0 Å². The number of hydrazine groups is 1. The van der Waals surface area contributed by atoms with Gasteiger partial charge in [0.1, 0.15) is 11.5 Å². The number of hydrogen-bond acceptors (Lipinski definition) is 5. The second-order valence-corrected chi connectivity index (χ2v) is 4.88. The predicted octanol–water partition coefficient (Wildman–Crippen LogP) is 0.848. The molecule has 0 aliphatic rings. The quantitative estimate of drug-likeness (QED) is 0.528. The maximum Gasteiger partial charge on any atom is 0.273 e. The van der Waals surface area contributed by atoms with Crippen LogP contribution in [0.5, 0.6) is 11.5 Å². The molecule has 1 rings (SSSR count). The molecule has 7 nitrogen and oxygen atoms in total. The highest BCUT2D eigenvalue weighted by Crippen LogP contribution is 2.24. The lowest BCUT2D eigenvalue weighted by Gasteiger charge is -2.17. The summed E-state index contributed by atoms with van der Waals surface area (Å²) in [4.78, 5) is 12.1. The Kier molecular flexibility index (Phi) is 7.41. The maximum atomic E-state index is 12.1. The van der Waals surface area contributed by atoms with Crippen molar-refractivity contribution in [2.45, 2.75) is 13.0 Å². The van der Waals surface area contributed by atoms with Gasteiger partial charge >= 0.3 is 0 Å². The first kappa shape index (κ1) is 18.0. The van der Waals surface area contributed by atoms with Crippen LogP contribution >= 0.6 is 12.2 Å². The summed E-state index contributed by atoms with van der Waals surface area (Å²) in [5, 5.41) is 3.26. The molecule has 0 aliphatic carbocycles. The van der Waals surface area contributed by atoms with E-state index in [2.05, 4.69) is 16.2 Å². The van der Waals surface area contributed by atoms with E-state index in [0.717, 1.165) is 0 Å². The third-order valence-corrected chi connectivity index (χ3v) is 2.96. The first-order valence-corrected chi connectivity index (χ1v) is 7.00.